The molecule has 0 aliphatic carbocycles. The van der Waals surface area contributed by atoms with Gasteiger partial charge in [0.05, 0.1) is 78.5 Å². The normalized spacial score (nSPS) is 12.0. The highest BCUT2D eigenvalue weighted by Crippen LogP contribution is 2.32. The van der Waals surface area contributed by atoms with Gasteiger partial charge in [0.25, 0.3) is 5.91 Å². The Morgan fingerprint density at radius 3 is 1.92 bits per heavy atom. The van der Waals surface area contributed by atoms with Crippen LogP contribution < -0.4 is 26.6 Å². The molecule has 1 aromatic heterocycles. The molecular weight excluding hydrogens is 933 g/mol. The van der Waals surface area contributed by atoms with Crippen LogP contribution in [0.15, 0.2) is 109 Å². The lowest BCUT2D eigenvalue weighted by molar-refractivity contribution is -0.138. The standard InChI is InChI=1S/C56H72N6O11/c1-40(2)22-26-69-28-30-71-32-34-73-35-33-72-31-29-70-27-25-59-56(68)50(37-42-10-5-4-6-11-42)62-55(67)48-20-19-45(46-12-7-8-13-47(46)48)43-15-17-44(18-16-43)49(38-54(65)66)61-53(64)39-60-52(63)14-9-23-57-51-36-41(3)21-24-58-51/h4-8,10-13,15-21,24,36,40,49-50H,9,14,22-23,25-35,37-39H2,1-3H3,(H,57,58)(H,59,68)(H,60,63)(H,61,64)(H,62,67)(H,65,66)/t49-,50-/m0/s1. The van der Waals surface area contributed by atoms with Crippen molar-refractivity contribution < 1.29 is 52.8 Å². The Kier molecular flexibility index (Phi) is 25.3. The van der Waals surface area contributed by atoms with Crippen LogP contribution in [0, 0.1) is 12.8 Å². The van der Waals surface area contributed by atoms with Gasteiger partial charge in [0.2, 0.25) is 17.7 Å². The zero-order valence-electron chi connectivity index (χ0n) is 42.3. The van der Waals surface area contributed by atoms with E-state index < -0.39 is 29.9 Å². The zero-order chi connectivity index (χ0) is 52.0. The van der Waals surface area contributed by atoms with Gasteiger partial charge >= 0.3 is 5.97 Å². The van der Waals surface area contributed by atoms with E-state index in [-0.39, 0.29) is 50.8 Å². The topological polar surface area (TPSA) is 225 Å². The lowest BCUT2D eigenvalue weighted by atomic mass is 9.93. The van der Waals surface area contributed by atoms with Gasteiger partial charge in [-0.1, -0.05) is 98.8 Å². The molecule has 4 amide bonds. The van der Waals surface area contributed by atoms with Crippen molar-refractivity contribution in [3.8, 4) is 11.1 Å². The molecule has 0 saturated heterocycles. The maximum atomic E-state index is 14.1. The monoisotopic (exact) mass is 1000 g/mol. The van der Waals surface area contributed by atoms with E-state index in [0.29, 0.717) is 88.3 Å². The third-order valence-electron chi connectivity index (χ3n) is 11.5. The lowest BCUT2D eigenvalue weighted by Crippen LogP contribution is -2.48. The Morgan fingerprint density at radius 2 is 1.27 bits per heavy atom. The first-order valence-electron chi connectivity index (χ1n) is 25.0. The van der Waals surface area contributed by atoms with Gasteiger partial charge in [-0.3, -0.25) is 24.0 Å². The number of aryl methyl sites for hydroxylation is 1. The Balaban J connectivity index is 1.09. The first-order valence-corrected chi connectivity index (χ1v) is 25.0. The van der Waals surface area contributed by atoms with E-state index in [2.05, 4.69) is 45.4 Å². The number of aliphatic carboxylic acids is 1. The second-order valence-electron chi connectivity index (χ2n) is 17.8. The number of hydrogen-bond donors (Lipinski definition) is 6. The Hall–Kier alpha value is -6.76. The average molecular weight is 1010 g/mol. The van der Waals surface area contributed by atoms with E-state index in [1.807, 2.05) is 91.9 Å². The van der Waals surface area contributed by atoms with Crippen molar-refractivity contribution in [3.63, 3.8) is 0 Å². The number of ether oxygens (including phenoxy) is 5. The molecule has 17 heteroatoms. The summed E-state index contributed by atoms with van der Waals surface area (Å²) in [6.07, 6.45) is 3.36. The SMILES string of the molecule is Cc1ccnc(NCCCC(=O)NCC(=O)N[C@@H](CC(=O)O)c2ccc(-c3ccc(C(=O)N[C@@H](Cc4ccccc4)C(=O)NCCOCCOCCOCCOCCOCCC(C)C)c4ccccc34)cc2)c1. The van der Waals surface area contributed by atoms with E-state index in [4.69, 9.17) is 23.7 Å². The van der Waals surface area contributed by atoms with Crippen molar-refractivity contribution in [1.82, 2.24) is 26.3 Å². The summed E-state index contributed by atoms with van der Waals surface area (Å²) in [6.45, 7) is 11.4. The average Bonchev–Trinajstić information content (AvgIpc) is 3.38. The molecule has 0 saturated carbocycles. The highest BCUT2D eigenvalue weighted by Gasteiger charge is 2.24. The van der Waals surface area contributed by atoms with Crippen LogP contribution in [-0.4, -0.2) is 131 Å². The number of carbonyl (C=O) groups excluding carboxylic acids is 4. The van der Waals surface area contributed by atoms with Gasteiger partial charge in [-0.15, -0.1) is 0 Å². The molecule has 392 valence electrons. The van der Waals surface area contributed by atoms with E-state index in [1.165, 1.54) is 0 Å². The van der Waals surface area contributed by atoms with Gasteiger partial charge in [-0.05, 0) is 82.5 Å². The largest absolute Gasteiger partial charge is 0.481 e. The third-order valence-corrected chi connectivity index (χ3v) is 11.5. The first kappa shape index (κ1) is 57.1. The van der Waals surface area contributed by atoms with Crippen LogP contribution in [0.4, 0.5) is 5.82 Å². The Labute approximate surface area is 428 Å². The number of anilines is 1. The van der Waals surface area contributed by atoms with Crippen molar-refractivity contribution in [1.29, 1.82) is 0 Å². The molecular formula is C56H72N6O11. The predicted octanol–water partition coefficient (Wildman–Crippen LogP) is 6.44. The van der Waals surface area contributed by atoms with Crippen molar-refractivity contribution in [2.45, 2.75) is 65.0 Å². The van der Waals surface area contributed by atoms with Crippen LogP contribution in [0.3, 0.4) is 0 Å². The molecule has 6 N–H and O–H groups in total. The first-order chi connectivity index (χ1) is 35.5. The highest BCUT2D eigenvalue weighted by molar-refractivity contribution is 6.11. The smallest absolute Gasteiger partial charge is 0.305 e. The highest BCUT2D eigenvalue weighted by atomic mass is 16.6. The second kappa shape index (κ2) is 32.3. The molecule has 17 nitrogen and oxygen atoms in total. The number of benzene rings is 4. The minimum Gasteiger partial charge on any atom is -0.481 e. The van der Waals surface area contributed by atoms with Gasteiger partial charge in [0, 0.05) is 44.3 Å². The van der Waals surface area contributed by atoms with Gasteiger partial charge in [-0.25, -0.2) is 4.98 Å². The van der Waals surface area contributed by atoms with Gasteiger partial charge in [0.1, 0.15) is 11.9 Å². The molecule has 4 aromatic carbocycles. The number of amides is 4. The van der Waals surface area contributed by atoms with Crippen LogP contribution in [0.1, 0.15) is 72.6 Å². The summed E-state index contributed by atoms with van der Waals surface area (Å²) in [6, 6.07) is 29.7. The number of carboxylic acid groups (broad SMARTS) is 1. The van der Waals surface area contributed by atoms with Crippen LogP contribution in [0.5, 0.6) is 0 Å². The van der Waals surface area contributed by atoms with Crippen LogP contribution in [0.25, 0.3) is 21.9 Å². The molecule has 0 aliphatic rings. The summed E-state index contributed by atoms with van der Waals surface area (Å²) in [5.74, 6) is -1.35. The van der Waals surface area contributed by atoms with Crippen LogP contribution in [-0.2, 0) is 49.3 Å². The summed E-state index contributed by atoms with van der Waals surface area (Å²) < 4.78 is 27.8. The molecule has 5 rings (SSSR count). The van der Waals surface area contributed by atoms with Crippen molar-refractivity contribution in [2.24, 2.45) is 5.92 Å². The number of pyridine rings is 1. The van der Waals surface area contributed by atoms with E-state index in [0.717, 1.165) is 46.5 Å². The number of carbonyl (C=O) groups is 5. The number of fused-ring (bicyclic) bond motifs is 1. The molecule has 1 heterocycles. The molecule has 0 bridgehead atoms. The number of carboxylic acids is 1. The summed E-state index contributed by atoms with van der Waals surface area (Å²) in [7, 11) is 0. The predicted molar refractivity (Wildman–Crippen MR) is 280 cm³/mol. The molecule has 73 heavy (non-hydrogen) atoms. The van der Waals surface area contributed by atoms with Crippen LogP contribution in [0.2, 0.25) is 0 Å². The summed E-state index contributed by atoms with van der Waals surface area (Å²) in [4.78, 5) is 69.3. The van der Waals surface area contributed by atoms with Crippen molar-refractivity contribution in [2.75, 3.05) is 91.0 Å². The second-order valence-corrected chi connectivity index (χ2v) is 17.8. The fraction of sp³-hybridized carbons (Fsp3) is 0.429. The van der Waals surface area contributed by atoms with Crippen LogP contribution >= 0.6 is 0 Å². The van der Waals surface area contributed by atoms with E-state index in [9.17, 15) is 29.1 Å². The molecule has 0 aliphatic heterocycles. The number of rotatable bonds is 35. The quantitative estimate of drug-likeness (QED) is 0.0241. The van der Waals surface area contributed by atoms with Crippen molar-refractivity contribution in [3.05, 3.63) is 132 Å². The molecule has 2 atom stereocenters. The molecule has 0 unspecified atom stereocenters. The lowest BCUT2D eigenvalue weighted by Gasteiger charge is -2.20. The fourth-order valence-electron chi connectivity index (χ4n) is 7.65. The molecule has 0 spiro atoms. The Morgan fingerprint density at radius 1 is 0.644 bits per heavy atom. The zero-order valence-corrected chi connectivity index (χ0v) is 42.3. The Bertz CT molecular complexity index is 2470. The number of nitrogens with zero attached hydrogens (tertiary/aromatic N) is 1. The van der Waals surface area contributed by atoms with Gasteiger partial charge < -0.3 is 55.4 Å². The third kappa shape index (κ3) is 21.5. The minimum atomic E-state index is -1.10. The summed E-state index contributed by atoms with van der Waals surface area (Å²) in [5, 5.41) is 25.6. The fourth-order valence-corrected chi connectivity index (χ4v) is 7.65. The number of hydrogen-bond acceptors (Lipinski definition) is 12. The maximum absolute atomic E-state index is 14.1. The molecule has 0 fully saturated rings. The van der Waals surface area contributed by atoms with Crippen molar-refractivity contribution >= 4 is 46.2 Å². The molecule has 5 aromatic rings. The summed E-state index contributed by atoms with van der Waals surface area (Å²) in [5.41, 5.74) is 4.51. The number of nitrogens with one attached hydrogen (secondary N) is 5. The number of aromatic nitrogens is 1. The van der Waals surface area contributed by atoms with Gasteiger partial charge in [-0.2, -0.15) is 0 Å². The van der Waals surface area contributed by atoms with E-state index in [1.54, 1.807) is 24.4 Å². The molecule has 0 radical (unpaired) electrons. The van der Waals surface area contributed by atoms with E-state index >= 15 is 0 Å². The summed E-state index contributed by atoms with van der Waals surface area (Å²) >= 11 is 0. The maximum Gasteiger partial charge on any atom is 0.305 e. The van der Waals surface area contributed by atoms with Gasteiger partial charge in [0.15, 0.2) is 0 Å². The minimum absolute atomic E-state index is 0.193.